The van der Waals surface area contributed by atoms with E-state index in [1.54, 1.807) is 0 Å². The number of para-hydroxylation sites is 1. The number of allylic oxidation sites excluding steroid dienone is 4. The van der Waals surface area contributed by atoms with Crippen LogP contribution in [0.4, 0.5) is 17.2 Å². The van der Waals surface area contributed by atoms with Crippen LogP contribution in [-0.2, 0) is 0 Å². The quantitative estimate of drug-likeness (QED) is 0.118. The zero-order valence-corrected chi connectivity index (χ0v) is 40.4. The summed E-state index contributed by atoms with van der Waals surface area (Å²) in [5.74, 6) is 2.32. The van der Waals surface area contributed by atoms with Crippen molar-refractivity contribution in [3.05, 3.63) is 272 Å². The first kappa shape index (κ1) is 40.2. The summed E-state index contributed by atoms with van der Waals surface area (Å²) in [6, 6.07) is 82.1. The second-order valence-corrected chi connectivity index (χ2v) is 27.1. The van der Waals surface area contributed by atoms with E-state index in [4.69, 9.17) is 9.97 Å². The highest BCUT2D eigenvalue weighted by Gasteiger charge is 2.51. The van der Waals surface area contributed by atoms with Crippen LogP contribution in [0.15, 0.2) is 260 Å². The number of hydrogen-bond donors (Lipinski definition) is 0. The van der Waals surface area contributed by atoms with Gasteiger partial charge < -0.3 is 4.57 Å². The van der Waals surface area contributed by atoms with Crippen molar-refractivity contribution in [2.75, 3.05) is 4.90 Å². The maximum atomic E-state index is 5.47. The van der Waals surface area contributed by atoms with Gasteiger partial charge in [0.1, 0.15) is 11.6 Å². The Morgan fingerprint density at radius 2 is 1.16 bits per heavy atom. The van der Waals surface area contributed by atoms with Crippen molar-refractivity contribution in [1.82, 2.24) is 14.5 Å². The molecule has 7 heteroatoms. The molecule has 14 rings (SSSR count). The molecule has 5 heterocycles. The zero-order chi connectivity index (χ0) is 45.5. The second kappa shape index (κ2) is 15.8. The minimum absolute atomic E-state index is 0.0696. The van der Waals surface area contributed by atoms with Crippen LogP contribution in [0.1, 0.15) is 23.2 Å². The van der Waals surface area contributed by atoms with Crippen molar-refractivity contribution < 1.29 is 0 Å². The highest BCUT2D eigenvalue weighted by atomic mass is 32.1. The molecule has 0 N–H and O–H groups in total. The lowest BCUT2D eigenvalue weighted by atomic mass is 9.79. The molecule has 0 saturated heterocycles. The van der Waals surface area contributed by atoms with Gasteiger partial charge in [-0.25, -0.2) is 9.97 Å². The molecular weight excluding hydrogens is 889 g/mol. The molecule has 69 heavy (non-hydrogen) atoms. The Labute approximate surface area is 407 Å². The average Bonchev–Trinajstić information content (AvgIpc) is 4.07. The van der Waals surface area contributed by atoms with E-state index >= 15 is 0 Å². The number of rotatable bonds is 7. The van der Waals surface area contributed by atoms with Gasteiger partial charge in [0, 0.05) is 62.0 Å². The van der Waals surface area contributed by atoms with Gasteiger partial charge in [0.05, 0.1) is 5.69 Å². The van der Waals surface area contributed by atoms with E-state index in [-0.39, 0.29) is 11.8 Å². The summed E-state index contributed by atoms with van der Waals surface area (Å²) < 4.78 is 4.88. The number of anilines is 3. The summed E-state index contributed by atoms with van der Waals surface area (Å²) in [6.07, 6.45) is 13.6. The van der Waals surface area contributed by atoms with Crippen molar-refractivity contribution in [2.24, 2.45) is 0 Å². The maximum absolute atomic E-state index is 5.47. The Morgan fingerprint density at radius 3 is 1.91 bits per heavy atom. The highest BCUT2D eigenvalue weighted by molar-refractivity contribution is 7.26. The van der Waals surface area contributed by atoms with Crippen LogP contribution in [0, 0.1) is 0 Å². The predicted octanol–water partition coefficient (Wildman–Crippen LogP) is 10.2. The summed E-state index contributed by atoms with van der Waals surface area (Å²) in [4.78, 5) is 13.0. The van der Waals surface area contributed by atoms with E-state index in [9.17, 15) is 0 Å². The van der Waals surface area contributed by atoms with E-state index in [0.717, 1.165) is 17.3 Å². The van der Waals surface area contributed by atoms with Gasteiger partial charge in [0.2, 0.25) is 0 Å². The van der Waals surface area contributed by atoms with Gasteiger partial charge in [-0.3, -0.25) is 4.90 Å². The van der Waals surface area contributed by atoms with Gasteiger partial charge in [-0.15, -0.1) is 11.3 Å². The van der Waals surface area contributed by atoms with Crippen LogP contribution in [0.2, 0.25) is 0 Å². The van der Waals surface area contributed by atoms with E-state index in [2.05, 4.69) is 252 Å². The Morgan fingerprint density at radius 1 is 0.493 bits per heavy atom. The van der Waals surface area contributed by atoms with Crippen LogP contribution >= 0.6 is 11.3 Å². The second-order valence-electron chi connectivity index (χ2n) is 18.4. The molecule has 2 unspecified atom stereocenters. The fourth-order valence-electron chi connectivity index (χ4n) is 12.3. The van der Waals surface area contributed by atoms with Gasteiger partial charge in [-0.1, -0.05) is 200 Å². The number of pyridine rings is 1. The molecule has 0 amide bonds. The fourth-order valence-corrected chi connectivity index (χ4v) is 23.3. The standard InChI is InChI=1S/C62H44N4SSi2/c1-5-20-44(21-6-1)68(45-22-7-2-8-23-45,49-34-35-50-51-29-13-15-31-55(51)65-38-37-64-61(65)54(50)40-49)48-28-17-19-43(39-48)66-56-42-58-53(52-30-14-16-32-57(52)67-58)41-60(56)69(46-24-9-3-10-25-46,47-26-11-4-12-27-47)59-33-18-36-63-62(59)66/h1-42,50,54H. The molecule has 0 spiro atoms. The number of fused-ring (bicyclic) bond motifs is 11. The Kier molecular flexibility index (Phi) is 9.21. The van der Waals surface area contributed by atoms with E-state index in [1.165, 1.54) is 78.6 Å². The molecule has 2 atom stereocenters. The summed E-state index contributed by atoms with van der Waals surface area (Å²) in [5.41, 5.74) is 4.84. The summed E-state index contributed by atoms with van der Waals surface area (Å²) >= 11 is 1.88. The molecule has 2 aliphatic heterocycles. The topological polar surface area (TPSA) is 34.0 Å². The first-order valence-electron chi connectivity index (χ1n) is 23.8. The third-order valence-electron chi connectivity index (χ3n) is 15.1. The zero-order valence-electron chi connectivity index (χ0n) is 37.6. The molecule has 1 aliphatic carbocycles. The van der Waals surface area contributed by atoms with Crippen molar-refractivity contribution in [3.8, 4) is 5.69 Å². The lowest BCUT2D eigenvalue weighted by Crippen LogP contribution is -2.77. The Balaban J connectivity index is 1.05. The Hall–Kier alpha value is -7.95. The lowest BCUT2D eigenvalue weighted by molar-refractivity contribution is 0.633. The summed E-state index contributed by atoms with van der Waals surface area (Å²) in [5, 5.41) is 13.3. The number of nitrogens with zero attached hydrogens (tertiary/aromatic N) is 4. The molecule has 8 aromatic carbocycles. The molecular formula is C62H44N4SSi2. The third kappa shape index (κ3) is 5.85. The van der Waals surface area contributed by atoms with Crippen molar-refractivity contribution >= 4 is 101 Å². The van der Waals surface area contributed by atoms with Crippen LogP contribution in [0.3, 0.4) is 0 Å². The number of imidazole rings is 1. The number of thiophene rings is 1. The van der Waals surface area contributed by atoms with Gasteiger partial charge >= 0.3 is 0 Å². The minimum atomic E-state index is -3.07. The first-order chi connectivity index (χ1) is 34.2. The molecule has 3 aliphatic rings. The molecule has 0 bridgehead atoms. The van der Waals surface area contributed by atoms with Crippen LogP contribution in [0.5, 0.6) is 0 Å². The Bertz CT molecular complexity index is 3750. The predicted molar refractivity (Wildman–Crippen MR) is 293 cm³/mol. The smallest absolute Gasteiger partial charge is 0.186 e. The van der Waals surface area contributed by atoms with Crippen molar-refractivity contribution in [3.63, 3.8) is 0 Å². The van der Waals surface area contributed by atoms with Gasteiger partial charge in [-0.2, -0.15) is 0 Å². The minimum Gasteiger partial charge on any atom is -0.303 e. The summed E-state index contributed by atoms with van der Waals surface area (Å²) in [7, 11) is -6.06. The molecule has 0 radical (unpaired) electrons. The van der Waals surface area contributed by atoms with E-state index in [0.29, 0.717) is 0 Å². The molecule has 0 saturated carbocycles. The van der Waals surface area contributed by atoms with Gasteiger partial charge in [0.25, 0.3) is 0 Å². The molecule has 0 fully saturated rings. The van der Waals surface area contributed by atoms with E-state index in [1.807, 2.05) is 23.7 Å². The molecule has 326 valence electrons. The molecule has 4 nitrogen and oxygen atoms in total. The first-order valence-corrected chi connectivity index (χ1v) is 28.6. The average molecular weight is 933 g/mol. The van der Waals surface area contributed by atoms with Crippen LogP contribution < -0.4 is 41.2 Å². The fraction of sp³-hybridized carbons (Fsp3) is 0.0323. The number of aromatic nitrogens is 3. The SMILES string of the molecule is C1=CC2c3ccccc3-n3ccnc3C2C=C1[Si](c1ccccc1)(c1ccccc1)c1cccc(N2c3cc4sc5ccccc5c4cc3[Si](c3ccccc3)(c3ccccc3)c3cccnc32)c1. The highest BCUT2D eigenvalue weighted by Crippen LogP contribution is 2.47. The van der Waals surface area contributed by atoms with Gasteiger partial charge in [0.15, 0.2) is 16.1 Å². The lowest BCUT2D eigenvalue weighted by Gasteiger charge is -2.44. The number of hydrogen-bond acceptors (Lipinski definition) is 4. The maximum Gasteiger partial charge on any atom is 0.186 e. The van der Waals surface area contributed by atoms with Crippen molar-refractivity contribution in [2.45, 2.75) is 11.8 Å². The van der Waals surface area contributed by atoms with E-state index < -0.39 is 16.1 Å². The largest absolute Gasteiger partial charge is 0.303 e. The van der Waals surface area contributed by atoms with Crippen molar-refractivity contribution in [1.29, 1.82) is 0 Å². The molecule has 3 aromatic heterocycles. The monoisotopic (exact) mass is 932 g/mol. The van der Waals surface area contributed by atoms with Crippen LogP contribution in [-0.4, -0.2) is 30.7 Å². The molecule has 11 aromatic rings. The normalized spacial score (nSPS) is 16.5. The summed E-state index contributed by atoms with van der Waals surface area (Å²) in [6.45, 7) is 0. The third-order valence-corrected chi connectivity index (χ3v) is 25.8. The van der Waals surface area contributed by atoms with Gasteiger partial charge in [-0.05, 0) is 83.5 Å². The van der Waals surface area contributed by atoms with Crippen LogP contribution in [0.25, 0.3) is 25.9 Å². The number of benzene rings is 8.